The van der Waals surface area contributed by atoms with Gasteiger partial charge in [-0.3, -0.25) is 4.79 Å². The number of carbonyl (C=O) groups is 1. The molecule has 3 aromatic rings. The Morgan fingerprint density at radius 1 is 1.30 bits per heavy atom. The van der Waals surface area contributed by atoms with Crippen molar-refractivity contribution in [1.29, 1.82) is 5.26 Å². The highest BCUT2D eigenvalue weighted by molar-refractivity contribution is 5.93. The van der Waals surface area contributed by atoms with Crippen LogP contribution in [0.1, 0.15) is 18.9 Å². The summed E-state index contributed by atoms with van der Waals surface area (Å²) in [6.45, 7) is 4.45. The lowest BCUT2D eigenvalue weighted by Gasteiger charge is -2.34. The molecule has 0 spiro atoms. The normalized spacial score (nSPS) is 14.5. The summed E-state index contributed by atoms with van der Waals surface area (Å²) in [5, 5.41) is 23.7. The first kappa shape index (κ1) is 22.1. The van der Waals surface area contributed by atoms with Gasteiger partial charge < -0.3 is 19.6 Å². The molecule has 1 atom stereocenters. The van der Waals surface area contributed by atoms with E-state index in [1.807, 2.05) is 25.1 Å². The molecule has 1 aliphatic heterocycles. The highest BCUT2D eigenvalue weighted by Gasteiger charge is 2.21. The van der Waals surface area contributed by atoms with Gasteiger partial charge in [0.1, 0.15) is 24.2 Å². The van der Waals surface area contributed by atoms with Crippen LogP contribution in [0.5, 0.6) is 5.75 Å². The molecule has 4 heterocycles. The molecule has 33 heavy (non-hydrogen) atoms. The van der Waals surface area contributed by atoms with Crippen LogP contribution in [0.15, 0.2) is 36.8 Å². The van der Waals surface area contributed by atoms with Gasteiger partial charge in [-0.15, -0.1) is 6.42 Å². The zero-order valence-electron chi connectivity index (χ0n) is 18.3. The number of piperazine rings is 1. The molecule has 0 saturated carbocycles. The number of nitriles is 1. The number of carbonyl (C=O) groups excluding carboxylic acids is 1. The number of pyridine rings is 2. The Kier molecular flexibility index (Phi) is 6.43. The van der Waals surface area contributed by atoms with E-state index in [-0.39, 0.29) is 12.5 Å². The van der Waals surface area contributed by atoms with Gasteiger partial charge in [-0.25, -0.2) is 9.50 Å². The molecule has 3 aromatic heterocycles. The predicted octanol–water partition coefficient (Wildman–Crippen LogP) is 1.70. The van der Waals surface area contributed by atoms with Crippen molar-refractivity contribution in [2.24, 2.45) is 0 Å². The van der Waals surface area contributed by atoms with Crippen LogP contribution in [0.25, 0.3) is 16.6 Å². The van der Waals surface area contributed by atoms with Crippen LogP contribution < -0.4 is 9.64 Å². The second-order valence-corrected chi connectivity index (χ2v) is 7.75. The Labute approximate surface area is 191 Å². The van der Waals surface area contributed by atoms with Crippen LogP contribution in [0.3, 0.4) is 0 Å². The third-order valence-corrected chi connectivity index (χ3v) is 5.69. The Hall–Kier alpha value is -4.08. The molecule has 1 saturated heterocycles. The third kappa shape index (κ3) is 4.59. The molecule has 1 fully saturated rings. The topological polar surface area (TPSA) is 107 Å². The van der Waals surface area contributed by atoms with Crippen molar-refractivity contribution in [2.45, 2.75) is 19.4 Å². The minimum atomic E-state index is -0.561. The van der Waals surface area contributed by atoms with E-state index in [9.17, 15) is 15.2 Å². The van der Waals surface area contributed by atoms with Gasteiger partial charge in [-0.2, -0.15) is 10.4 Å². The summed E-state index contributed by atoms with van der Waals surface area (Å²) in [5.74, 6) is 3.21. The van der Waals surface area contributed by atoms with Gasteiger partial charge in [-0.05, 0) is 30.5 Å². The molecule has 0 aliphatic carbocycles. The van der Waals surface area contributed by atoms with Crippen molar-refractivity contribution in [3.05, 3.63) is 42.4 Å². The van der Waals surface area contributed by atoms with E-state index in [0.29, 0.717) is 49.4 Å². The van der Waals surface area contributed by atoms with Gasteiger partial charge in [-0.1, -0.05) is 6.92 Å². The van der Waals surface area contributed by atoms with E-state index in [1.54, 1.807) is 21.8 Å². The van der Waals surface area contributed by atoms with Gasteiger partial charge in [0.15, 0.2) is 0 Å². The maximum atomic E-state index is 11.7. The number of aliphatic hydroxyl groups excluding tert-OH is 1. The molecule has 1 amide bonds. The standard InChI is InChI=1S/C24H24N6O3/c1-3-19(31)16-33-20-11-21(24-18(12-25)14-27-30(24)15-20)17-5-6-22(26-13-17)28-7-9-29(10-8-28)23(32)4-2/h2,5-6,11,13-15,19,31H,3,7-10,16H2,1H3/t19-/m1/s1. The van der Waals surface area contributed by atoms with Crippen LogP contribution in [-0.4, -0.2) is 69.4 Å². The molecule has 1 N–H and O–H groups in total. The van der Waals surface area contributed by atoms with Gasteiger partial charge >= 0.3 is 0 Å². The molecule has 0 radical (unpaired) electrons. The number of hydrogen-bond acceptors (Lipinski definition) is 7. The Morgan fingerprint density at radius 3 is 2.73 bits per heavy atom. The lowest BCUT2D eigenvalue weighted by Crippen LogP contribution is -2.48. The highest BCUT2D eigenvalue weighted by atomic mass is 16.5. The molecule has 4 rings (SSSR count). The summed E-state index contributed by atoms with van der Waals surface area (Å²) in [6.07, 6.45) is 10.2. The minimum Gasteiger partial charge on any atom is -0.489 e. The molecule has 9 nitrogen and oxygen atoms in total. The Balaban J connectivity index is 1.60. The first-order valence-corrected chi connectivity index (χ1v) is 10.7. The Morgan fingerprint density at radius 2 is 2.09 bits per heavy atom. The SMILES string of the molecule is C#CC(=O)N1CCN(c2ccc(-c3cc(OC[C@H](O)CC)cn4ncc(C#N)c34)cn2)CC1. The van der Waals surface area contributed by atoms with E-state index in [2.05, 4.69) is 27.0 Å². The summed E-state index contributed by atoms with van der Waals surface area (Å²) in [4.78, 5) is 20.1. The molecule has 0 bridgehead atoms. The highest BCUT2D eigenvalue weighted by Crippen LogP contribution is 2.31. The van der Waals surface area contributed by atoms with Crippen LogP contribution in [0.2, 0.25) is 0 Å². The fourth-order valence-electron chi connectivity index (χ4n) is 3.75. The summed E-state index contributed by atoms with van der Waals surface area (Å²) < 4.78 is 7.37. The lowest BCUT2D eigenvalue weighted by molar-refractivity contribution is -0.125. The van der Waals surface area contributed by atoms with E-state index < -0.39 is 6.10 Å². The summed E-state index contributed by atoms with van der Waals surface area (Å²) in [5.41, 5.74) is 2.68. The van der Waals surface area contributed by atoms with Crippen LogP contribution >= 0.6 is 0 Å². The number of nitrogens with zero attached hydrogens (tertiary/aromatic N) is 6. The van der Waals surface area contributed by atoms with Gasteiger partial charge in [0.2, 0.25) is 0 Å². The summed E-state index contributed by atoms with van der Waals surface area (Å²) >= 11 is 0. The second kappa shape index (κ2) is 9.60. The van der Waals surface area contributed by atoms with E-state index in [4.69, 9.17) is 11.2 Å². The molecule has 1 aliphatic rings. The number of terminal acetylenes is 1. The number of rotatable bonds is 6. The van der Waals surface area contributed by atoms with E-state index in [0.717, 1.165) is 16.9 Å². The molecule has 0 unspecified atom stereocenters. The van der Waals surface area contributed by atoms with Crippen molar-refractivity contribution in [1.82, 2.24) is 19.5 Å². The predicted molar refractivity (Wildman–Crippen MR) is 123 cm³/mol. The fraction of sp³-hybridized carbons (Fsp3) is 0.333. The van der Waals surface area contributed by atoms with Crippen molar-refractivity contribution in [2.75, 3.05) is 37.7 Å². The maximum absolute atomic E-state index is 11.7. The third-order valence-electron chi connectivity index (χ3n) is 5.69. The zero-order valence-corrected chi connectivity index (χ0v) is 18.3. The van der Waals surface area contributed by atoms with E-state index >= 15 is 0 Å². The lowest BCUT2D eigenvalue weighted by atomic mass is 10.1. The number of aliphatic hydroxyl groups is 1. The molecular formula is C24H24N6O3. The van der Waals surface area contributed by atoms with Crippen LogP contribution in [0.4, 0.5) is 5.82 Å². The van der Waals surface area contributed by atoms with Crippen molar-refractivity contribution >= 4 is 17.2 Å². The number of hydrogen-bond donors (Lipinski definition) is 1. The maximum Gasteiger partial charge on any atom is 0.298 e. The summed E-state index contributed by atoms with van der Waals surface area (Å²) in [7, 11) is 0. The molecule has 9 heteroatoms. The zero-order chi connectivity index (χ0) is 23.4. The molecule has 168 valence electrons. The largest absolute Gasteiger partial charge is 0.489 e. The average molecular weight is 444 g/mol. The minimum absolute atomic E-state index is 0.166. The smallest absolute Gasteiger partial charge is 0.298 e. The van der Waals surface area contributed by atoms with Gasteiger partial charge in [0.05, 0.1) is 29.6 Å². The second-order valence-electron chi connectivity index (χ2n) is 7.75. The number of aromatic nitrogens is 3. The van der Waals surface area contributed by atoms with Crippen molar-refractivity contribution in [3.63, 3.8) is 0 Å². The Bertz CT molecular complexity index is 1230. The summed E-state index contributed by atoms with van der Waals surface area (Å²) in [6, 6.07) is 7.87. The van der Waals surface area contributed by atoms with Gasteiger partial charge in [0.25, 0.3) is 5.91 Å². The van der Waals surface area contributed by atoms with Crippen LogP contribution in [0, 0.1) is 23.7 Å². The first-order valence-electron chi connectivity index (χ1n) is 10.7. The number of fused-ring (bicyclic) bond motifs is 1. The molecular weight excluding hydrogens is 420 g/mol. The monoisotopic (exact) mass is 444 g/mol. The number of amides is 1. The molecule has 0 aromatic carbocycles. The fourth-order valence-corrected chi connectivity index (χ4v) is 3.75. The quantitative estimate of drug-likeness (QED) is 0.577. The number of anilines is 1. The number of ether oxygens (including phenoxy) is 1. The van der Waals surface area contributed by atoms with Crippen molar-refractivity contribution < 1.29 is 14.6 Å². The van der Waals surface area contributed by atoms with Gasteiger partial charge in [0, 0.05) is 43.5 Å². The van der Waals surface area contributed by atoms with Crippen LogP contribution in [-0.2, 0) is 4.79 Å². The van der Waals surface area contributed by atoms with Crippen molar-refractivity contribution in [3.8, 4) is 35.3 Å². The first-order chi connectivity index (χ1) is 16.0. The van der Waals surface area contributed by atoms with E-state index in [1.165, 1.54) is 6.20 Å². The average Bonchev–Trinajstić information content (AvgIpc) is 3.29.